The summed E-state index contributed by atoms with van der Waals surface area (Å²) in [6, 6.07) is 18.8. The SMILES string of the molecule is COCCN1C[C@H](C(c2ccccc2)c2ccccc2)n2cc(C(=O)O)c(=O)c(O)c2C1=O. The number of aromatic nitrogens is 1. The molecule has 0 bridgehead atoms. The predicted octanol–water partition coefficient (Wildman–Crippen LogP) is 2.73. The van der Waals surface area contributed by atoms with Crippen LogP contribution in [0.4, 0.5) is 0 Å². The number of ether oxygens (including phenoxy) is 1. The fraction of sp³-hybridized carbons (Fsp3) is 0.240. The van der Waals surface area contributed by atoms with E-state index in [1.807, 2.05) is 60.7 Å². The number of hydrogen-bond acceptors (Lipinski definition) is 5. The molecule has 2 heterocycles. The van der Waals surface area contributed by atoms with Crippen LogP contribution in [0.2, 0.25) is 0 Å². The van der Waals surface area contributed by atoms with Gasteiger partial charge in [-0.3, -0.25) is 9.59 Å². The maximum Gasteiger partial charge on any atom is 0.341 e. The lowest BCUT2D eigenvalue weighted by Gasteiger charge is -2.40. The highest BCUT2D eigenvalue weighted by molar-refractivity contribution is 5.97. The summed E-state index contributed by atoms with van der Waals surface area (Å²) in [4.78, 5) is 39.0. The average molecular weight is 448 g/mol. The van der Waals surface area contributed by atoms with Gasteiger partial charge in [0.15, 0.2) is 11.4 Å². The van der Waals surface area contributed by atoms with Gasteiger partial charge in [0.25, 0.3) is 5.91 Å². The van der Waals surface area contributed by atoms with Crippen LogP contribution in [0.5, 0.6) is 5.75 Å². The number of carbonyl (C=O) groups is 2. The zero-order valence-corrected chi connectivity index (χ0v) is 18.0. The third-order valence-electron chi connectivity index (χ3n) is 5.96. The molecule has 2 N–H and O–H groups in total. The molecule has 1 aromatic heterocycles. The minimum Gasteiger partial charge on any atom is -0.503 e. The molecule has 1 amide bonds. The van der Waals surface area contributed by atoms with Gasteiger partial charge in [-0.2, -0.15) is 0 Å². The molecule has 8 nitrogen and oxygen atoms in total. The molecule has 0 saturated carbocycles. The molecule has 0 aliphatic carbocycles. The Morgan fingerprint density at radius 1 is 1.06 bits per heavy atom. The second-order valence-electron chi connectivity index (χ2n) is 7.89. The first kappa shape index (κ1) is 22.3. The quantitative estimate of drug-likeness (QED) is 0.575. The standard InChI is InChI=1S/C25H24N2O6/c1-33-13-12-26-15-19(20(16-8-4-2-5-9-16)17-10-6-3-7-11-17)27-14-18(25(31)32)22(28)23(29)21(27)24(26)30/h2-11,14,19-20,29H,12-13,15H2,1H3,(H,31,32)/t19-/m1/s1. The highest BCUT2D eigenvalue weighted by atomic mass is 16.5. The number of carboxylic acids is 1. The van der Waals surface area contributed by atoms with Crippen molar-refractivity contribution >= 4 is 11.9 Å². The lowest BCUT2D eigenvalue weighted by molar-refractivity contribution is 0.0576. The molecule has 33 heavy (non-hydrogen) atoms. The predicted molar refractivity (Wildman–Crippen MR) is 121 cm³/mol. The van der Waals surface area contributed by atoms with E-state index in [1.54, 1.807) is 0 Å². The Hall–Kier alpha value is -3.91. The number of hydrogen-bond donors (Lipinski definition) is 2. The molecule has 2 aromatic carbocycles. The van der Waals surface area contributed by atoms with E-state index < -0.39 is 34.7 Å². The average Bonchev–Trinajstić information content (AvgIpc) is 2.83. The normalized spacial score (nSPS) is 15.5. The fourth-order valence-electron chi connectivity index (χ4n) is 4.41. The molecule has 1 aliphatic rings. The summed E-state index contributed by atoms with van der Waals surface area (Å²) >= 11 is 0. The van der Waals surface area contributed by atoms with Gasteiger partial charge in [-0.15, -0.1) is 0 Å². The second kappa shape index (κ2) is 9.30. The zero-order valence-electron chi connectivity index (χ0n) is 18.0. The van der Waals surface area contributed by atoms with Crippen LogP contribution >= 0.6 is 0 Å². The Balaban J connectivity index is 1.97. The number of amides is 1. The van der Waals surface area contributed by atoms with E-state index in [4.69, 9.17) is 4.74 Å². The lowest BCUT2D eigenvalue weighted by Crippen LogP contribution is -2.47. The third-order valence-corrected chi connectivity index (χ3v) is 5.96. The van der Waals surface area contributed by atoms with E-state index in [2.05, 4.69) is 0 Å². The molecule has 0 spiro atoms. The van der Waals surface area contributed by atoms with Crippen molar-refractivity contribution in [1.29, 1.82) is 0 Å². The highest BCUT2D eigenvalue weighted by Crippen LogP contribution is 2.40. The summed E-state index contributed by atoms with van der Waals surface area (Å²) in [6.45, 7) is 0.777. The van der Waals surface area contributed by atoms with E-state index >= 15 is 0 Å². The monoisotopic (exact) mass is 448 g/mol. The topological polar surface area (TPSA) is 109 Å². The van der Waals surface area contributed by atoms with E-state index in [-0.39, 0.29) is 31.3 Å². The minimum absolute atomic E-state index is 0.214. The number of pyridine rings is 1. The summed E-state index contributed by atoms with van der Waals surface area (Å²) in [5.74, 6) is -3.15. The summed E-state index contributed by atoms with van der Waals surface area (Å²) < 4.78 is 6.60. The Labute approximate surface area is 190 Å². The van der Waals surface area contributed by atoms with Crippen LogP contribution in [0.15, 0.2) is 71.7 Å². The van der Waals surface area contributed by atoms with Gasteiger partial charge < -0.3 is 24.4 Å². The first-order valence-electron chi connectivity index (χ1n) is 10.5. The van der Waals surface area contributed by atoms with Crippen LogP contribution in [-0.4, -0.2) is 58.4 Å². The third kappa shape index (κ3) is 4.12. The van der Waals surface area contributed by atoms with Gasteiger partial charge in [0.05, 0.1) is 12.6 Å². The van der Waals surface area contributed by atoms with Crippen LogP contribution in [0, 0.1) is 0 Å². The van der Waals surface area contributed by atoms with Gasteiger partial charge in [0.1, 0.15) is 5.56 Å². The van der Waals surface area contributed by atoms with Crippen molar-refractivity contribution in [2.45, 2.75) is 12.0 Å². The summed E-state index contributed by atoms with van der Waals surface area (Å²) in [5.41, 5.74) is 0.0328. The number of aromatic carboxylic acids is 1. The number of methoxy groups -OCH3 is 1. The molecule has 0 fully saturated rings. The molecule has 170 valence electrons. The summed E-state index contributed by atoms with van der Waals surface area (Å²) in [6.07, 6.45) is 1.18. The zero-order chi connectivity index (χ0) is 23.5. The molecule has 1 aliphatic heterocycles. The molecule has 8 heteroatoms. The highest BCUT2D eigenvalue weighted by Gasteiger charge is 2.39. The maximum atomic E-state index is 13.2. The summed E-state index contributed by atoms with van der Waals surface area (Å²) in [5, 5.41) is 20.2. The van der Waals surface area contributed by atoms with Gasteiger partial charge in [0, 0.05) is 32.3 Å². The van der Waals surface area contributed by atoms with Gasteiger partial charge >= 0.3 is 5.97 Å². The number of fused-ring (bicyclic) bond motifs is 1. The number of aromatic hydroxyl groups is 1. The largest absolute Gasteiger partial charge is 0.503 e. The molecule has 1 atom stereocenters. The number of carboxylic acid groups (broad SMARTS) is 1. The Bertz CT molecular complexity index is 1180. The van der Waals surface area contributed by atoms with Gasteiger partial charge in [-0.1, -0.05) is 60.7 Å². The Morgan fingerprint density at radius 2 is 1.64 bits per heavy atom. The molecule has 0 unspecified atom stereocenters. The van der Waals surface area contributed by atoms with Gasteiger partial charge in [-0.05, 0) is 11.1 Å². The fourth-order valence-corrected chi connectivity index (χ4v) is 4.41. The van der Waals surface area contributed by atoms with Crippen LogP contribution in [0.25, 0.3) is 0 Å². The van der Waals surface area contributed by atoms with Crippen molar-refractivity contribution in [1.82, 2.24) is 9.47 Å². The van der Waals surface area contributed by atoms with Gasteiger partial charge in [0.2, 0.25) is 5.43 Å². The Morgan fingerprint density at radius 3 is 2.15 bits per heavy atom. The second-order valence-corrected chi connectivity index (χ2v) is 7.89. The van der Waals surface area contributed by atoms with E-state index in [1.165, 1.54) is 22.8 Å². The first-order chi connectivity index (χ1) is 15.9. The van der Waals surface area contributed by atoms with Crippen LogP contribution in [-0.2, 0) is 4.74 Å². The van der Waals surface area contributed by atoms with Crippen molar-refractivity contribution in [2.24, 2.45) is 0 Å². The summed E-state index contributed by atoms with van der Waals surface area (Å²) in [7, 11) is 1.53. The van der Waals surface area contributed by atoms with Crippen LogP contribution < -0.4 is 5.43 Å². The lowest BCUT2D eigenvalue weighted by atomic mass is 9.83. The van der Waals surface area contributed by atoms with Crippen molar-refractivity contribution in [3.05, 3.63) is 99.5 Å². The molecule has 3 aromatic rings. The smallest absolute Gasteiger partial charge is 0.341 e. The minimum atomic E-state index is -1.46. The van der Waals surface area contributed by atoms with Crippen LogP contribution in [0.1, 0.15) is 43.9 Å². The van der Waals surface area contributed by atoms with Crippen LogP contribution in [0.3, 0.4) is 0 Å². The van der Waals surface area contributed by atoms with Crippen molar-refractivity contribution in [3.63, 3.8) is 0 Å². The number of carbonyl (C=O) groups excluding carboxylic acids is 1. The molecule has 4 rings (SSSR count). The Kier molecular flexibility index (Phi) is 6.28. The van der Waals surface area contributed by atoms with Crippen molar-refractivity contribution < 1.29 is 24.5 Å². The number of rotatable bonds is 7. The number of nitrogens with zero attached hydrogens (tertiary/aromatic N) is 2. The van der Waals surface area contributed by atoms with E-state index in [0.717, 1.165) is 11.1 Å². The molecular weight excluding hydrogens is 424 g/mol. The van der Waals surface area contributed by atoms with Gasteiger partial charge in [-0.25, -0.2) is 4.79 Å². The maximum absolute atomic E-state index is 13.2. The van der Waals surface area contributed by atoms with Crippen molar-refractivity contribution in [3.8, 4) is 5.75 Å². The molecular formula is C25H24N2O6. The molecule has 0 radical (unpaired) electrons. The molecule has 0 saturated heterocycles. The van der Waals surface area contributed by atoms with Crippen molar-refractivity contribution in [2.75, 3.05) is 26.8 Å². The van der Waals surface area contributed by atoms with E-state index in [9.17, 15) is 24.6 Å². The number of benzene rings is 2. The first-order valence-corrected chi connectivity index (χ1v) is 10.5. The van der Waals surface area contributed by atoms with E-state index in [0.29, 0.717) is 0 Å².